The van der Waals surface area contributed by atoms with Gasteiger partial charge in [-0.1, -0.05) is 12.1 Å². The van der Waals surface area contributed by atoms with Gasteiger partial charge in [0.05, 0.1) is 11.2 Å². The van der Waals surface area contributed by atoms with E-state index in [0.29, 0.717) is 22.8 Å². The second kappa shape index (κ2) is 4.78. The Balaban J connectivity index is 2.21. The number of nitrogens with one attached hydrogen (secondary N) is 1. The predicted octanol–water partition coefficient (Wildman–Crippen LogP) is 1.45. The van der Waals surface area contributed by atoms with Crippen molar-refractivity contribution in [1.29, 1.82) is 0 Å². The second-order valence-electron chi connectivity index (χ2n) is 4.56. The molecule has 0 radical (unpaired) electrons. The van der Waals surface area contributed by atoms with Crippen LogP contribution < -0.4 is 16.8 Å². The molecule has 1 aromatic carbocycles. The Morgan fingerprint density at radius 1 is 1.19 bits per heavy atom. The normalized spacial score (nSPS) is 10.7. The van der Waals surface area contributed by atoms with Gasteiger partial charge in [0.25, 0.3) is 0 Å². The molecule has 0 bridgehead atoms. The molecule has 21 heavy (non-hydrogen) atoms. The number of hydrogen-bond acceptors (Lipinski definition) is 5. The molecule has 0 aliphatic rings. The van der Waals surface area contributed by atoms with Crippen molar-refractivity contribution in [1.82, 2.24) is 19.9 Å². The molecule has 106 valence electrons. The van der Waals surface area contributed by atoms with Gasteiger partial charge in [-0.2, -0.15) is 0 Å². The fraction of sp³-hybridized carbons (Fsp3) is 0.0714. The average molecular weight is 282 g/mol. The molecule has 0 unspecified atom stereocenters. The zero-order valence-corrected chi connectivity index (χ0v) is 11.4. The van der Waals surface area contributed by atoms with Crippen LogP contribution in [0, 0.1) is 0 Å². The molecule has 0 fully saturated rings. The zero-order valence-electron chi connectivity index (χ0n) is 11.4. The van der Waals surface area contributed by atoms with Crippen LogP contribution in [-0.4, -0.2) is 27.6 Å². The van der Waals surface area contributed by atoms with Crippen LogP contribution in [-0.2, 0) is 0 Å². The van der Waals surface area contributed by atoms with Gasteiger partial charge in [-0.25, -0.2) is 19.3 Å². The Labute approximate surface area is 120 Å². The van der Waals surface area contributed by atoms with Crippen LogP contribution in [0.5, 0.6) is 0 Å². The number of nitrogens with zero attached hydrogens (tertiary/aromatic N) is 3. The summed E-state index contributed by atoms with van der Waals surface area (Å²) in [6, 6.07) is 8.78. The van der Waals surface area contributed by atoms with Crippen LogP contribution in [0.2, 0.25) is 0 Å². The number of hydrogen-bond donors (Lipinski definition) is 3. The van der Waals surface area contributed by atoms with Gasteiger partial charge in [0.1, 0.15) is 18.0 Å². The lowest BCUT2D eigenvalue weighted by atomic mass is 10.1. The second-order valence-corrected chi connectivity index (χ2v) is 4.56. The molecule has 3 aromatic rings. The number of aromatic nitrogens is 3. The molecule has 1 amide bonds. The predicted molar refractivity (Wildman–Crippen MR) is 81.6 cm³/mol. The van der Waals surface area contributed by atoms with Crippen molar-refractivity contribution >= 4 is 28.6 Å². The lowest BCUT2D eigenvalue weighted by Crippen LogP contribution is -2.25. The monoisotopic (exact) mass is 282 g/mol. The van der Waals surface area contributed by atoms with E-state index in [2.05, 4.69) is 15.3 Å². The van der Waals surface area contributed by atoms with Crippen LogP contribution in [0.15, 0.2) is 36.7 Å². The maximum absolute atomic E-state index is 11.9. The van der Waals surface area contributed by atoms with E-state index in [-0.39, 0.29) is 6.03 Å². The number of carbonyl (C=O) groups is 1. The van der Waals surface area contributed by atoms with Gasteiger partial charge in [0.2, 0.25) is 0 Å². The van der Waals surface area contributed by atoms with Gasteiger partial charge in [-0.05, 0) is 12.1 Å². The van der Waals surface area contributed by atoms with Crippen LogP contribution >= 0.6 is 0 Å². The minimum absolute atomic E-state index is 0.290. The smallest absolute Gasteiger partial charge is 0.327 e. The highest BCUT2D eigenvalue weighted by atomic mass is 16.2. The van der Waals surface area contributed by atoms with Crippen molar-refractivity contribution in [3.63, 3.8) is 0 Å². The Hall–Kier alpha value is -3.09. The third-order valence-electron chi connectivity index (χ3n) is 3.23. The van der Waals surface area contributed by atoms with Crippen molar-refractivity contribution in [2.75, 3.05) is 18.5 Å². The Morgan fingerprint density at radius 2 is 2.00 bits per heavy atom. The minimum Gasteiger partial charge on any atom is -0.385 e. The fourth-order valence-corrected chi connectivity index (χ4v) is 2.25. The minimum atomic E-state index is -0.290. The Morgan fingerprint density at radius 3 is 2.71 bits per heavy atom. The molecular formula is C14H14N6O. The number of amides is 1. The van der Waals surface area contributed by atoms with Crippen LogP contribution in [0.3, 0.4) is 0 Å². The van der Waals surface area contributed by atoms with E-state index in [4.69, 9.17) is 11.5 Å². The van der Waals surface area contributed by atoms with Gasteiger partial charge in [-0.3, -0.25) is 0 Å². The highest BCUT2D eigenvalue weighted by molar-refractivity contribution is 5.97. The molecule has 2 aromatic heterocycles. The van der Waals surface area contributed by atoms with E-state index >= 15 is 0 Å². The van der Waals surface area contributed by atoms with Crippen LogP contribution in [0.1, 0.15) is 0 Å². The molecule has 0 aliphatic heterocycles. The molecule has 0 atom stereocenters. The molecule has 0 saturated carbocycles. The van der Waals surface area contributed by atoms with E-state index in [1.807, 2.05) is 18.2 Å². The maximum Gasteiger partial charge on any atom is 0.327 e. The summed E-state index contributed by atoms with van der Waals surface area (Å²) in [7, 11) is 1.56. The summed E-state index contributed by atoms with van der Waals surface area (Å²) in [5.41, 5.74) is 13.8. The topological polar surface area (TPSA) is 112 Å². The van der Waals surface area contributed by atoms with E-state index in [0.717, 1.165) is 10.9 Å². The van der Waals surface area contributed by atoms with Gasteiger partial charge in [0, 0.05) is 24.1 Å². The summed E-state index contributed by atoms with van der Waals surface area (Å²) in [5.74, 6) is 0.769. The first kappa shape index (κ1) is 12.9. The Kier molecular flexibility index (Phi) is 2.94. The highest BCUT2D eigenvalue weighted by Gasteiger charge is 2.13. The first-order valence-electron chi connectivity index (χ1n) is 6.31. The summed E-state index contributed by atoms with van der Waals surface area (Å²) in [4.78, 5) is 20.0. The summed E-state index contributed by atoms with van der Waals surface area (Å²) in [5, 5.41) is 3.44. The zero-order chi connectivity index (χ0) is 15.0. The largest absolute Gasteiger partial charge is 0.385 e. The molecular weight excluding hydrogens is 268 g/mol. The van der Waals surface area contributed by atoms with Crippen LogP contribution in [0.25, 0.3) is 22.2 Å². The van der Waals surface area contributed by atoms with E-state index < -0.39 is 0 Å². The summed E-state index contributed by atoms with van der Waals surface area (Å²) < 4.78 is 1.42. The van der Waals surface area contributed by atoms with Crippen LogP contribution in [0.4, 0.5) is 16.4 Å². The first-order valence-corrected chi connectivity index (χ1v) is 6.31. The van der Waals surface area contributed by atoms with Gasteiger partial charge in [-0.15, -0.1) is 0 Å². The van der Waals surface area contributed by atoms with Crippen molar-refractivity contribution in [3.8, 4) is 11.3 Å². The van der Waals surface area contributed by atoms with Gasteiger partial charge < -0.3 is 16.8 Å². The SMILES string of the molecule is CNC(=O)n1c(N)cc2ccc(-c3cc(N)ncn3)cc21. The number of anilines is 2. The molecule has 2 heterocycles. The molecule has 5 N–H and O–H groups in total. The average Bonchev–Trinajstić information content (AvgIpc) is 2.81. The van der Waals surface area contributed by atoms with Crippen molar-refractivity contribution in [2.45, 2.75) is 0 Å². The van der Waals surface area contributed by atoms with Gasteiger partial charge >= 0.3 is 6.03 Å². The van der Waals surface area contributed by atoms with Crippen molar-refractivity contribution in [3.05, 3.63) is 36.7 Å². The van der Waals surface area contributed by atoms with E-state index in [9.17, 15) is 4.79 Å². The molecule has 0 aliphatic carbocycles. The number of fused-ring (bicyclic) bond motifs is 1. The fourth-order valence-electron chi connectivity index (χ4n) is 2.25. The summed E-state index contributed by atoms with van der Waals surface area (Å²) >= 11 is 0. The molecule has 3 rings (SSSR count). The van der Waals surface area contributed by atoms with E-state index in [1.54, 1.807) is 19.2 Å². The number of carbonyl (C=O) groups excluding carboxylic acids is 1. The molecule has 7 nitrogen and oxygen atoms in total. The Bertz CT molecular complexity index is 839. The van der Waals surface area contributed by atoms with Crippen molar-refractivity contribution < 1.29 is 4.79 Å². The standard InChI is InChI=1S/C14H14N6O/c1-17-14(21)20-11-4-8(2-3-9(11)5-13(20)16)10-6-12(15)19-7-18-10/h2-7H,16H2,1H3,(H,17,21)(H2,15,18,19). The third-order valence-corrected chi connectivity index (χ3v) is 3.23. The third kappa shape index (κ3) is 2.14. The number of nitrogens with two attached hydrogens (primary N) is 2. The summed E-state index contributed by atoms with van der Waals surface area (Å²) in [6.07, 6.45) is 1.40. The lowest BCUT2D eigenvalue weighted by Gasteiger charge is -2.07. The molecule has 0 spiro atoms. The summed E-state index contributed by atoms with van der Waals surface area (Å²) in [6.45, 7) is 0. The molecule has 7 heteroatoms. The lowest BCUT2D eigenvalue weighted by molar-refractivity contribution is 0.245. The maximum atomic E-state index is 11.9. The molecule has 0 saturated heterocycles. The number of nitrogen functional groups attached to an aromatic ring is 2. The van der Waals surface area contributed by atoms with E-state index in [1.165, 1.54) is 10.9 Å². The van der Waals surface area contributed by atoms with Gasteiger partial charge in [0.15, 0.2) is 0 Å². The number of rotatable bonds is 1. The highest BCUT2D eigenvalue weighted by Crippen LogP contribution is 2.27. The van der Waals surface area contributed by atoms with Crippen molar-refractivity contribution in [2.24, 2.45) is 0 Å². The first-order chi connectivity index (χ1) is 10.1. The quantitative estimate of drug-likeness (QED) is 0.625. The number of benzene rings is 1.